The van der Waals surface area contributed by atoms with Gasteiger partial charge in [0.15, 0.2) is 0 Å². The van der Waals surface area contributed by atoms with E-state index in [0.29, 0.717) is 23.1 Å². The van der Waals surface area contributed by atoms with Crippen molar-refractivity contribution in [3.8, 4) is 0 Å². The number of halogens is 1. The molecule has 1 aromatic carbocycles. The highest BCUT2D eigenvalue weighted by atomic mass is 19.1. The molecule has 0 bridgehead atoms. The standard InChI is InChI=1S/C20H21FN4O/c21-16-5-4-6-17-15(16)12-18(24-17)20(26)23-13-14-7-8-22-19(11-14)25-9-2-1-3-10-25/h4-8,11-12,24H,1-3,9-10,13H2,(H,23,26). The van der Waals surface area contributed by atoms with Gasteiger partial charge in [-0.3, -0.25) is 4.79 Å². The number of pyridine rings is 1. The van der Waals surface area contributed by atoms with Crippen molar-refractivity contribution in [1.29, 1.82) is 0 Å². The van der Waals surface area contributed by atoms with Crippen molar-refractivity contribution >= 4 is 22.6 Å². The zero-order valence-electron chi connectivity index (χ0n) is 14.5. The third kappa shape index (κ3) is 3.40. The van der Waals surface area contributed by atoms with Gasteiger partial charge in [0.2, 0.25) is 0 Å². The number of carbonyl (C=O) groups excluding carboxylic acids is 1. The molecule has 1 aliphatic rings. The summed E-state index contributed by atoms with van der Waals surface area (Å²) in [5.41, 5.74) is 1.97. The molecule has 6 heteroatoms. The van der Waals surface area contributed by atoms with Crippen LogP contribution in [0.25, 0.3) is 10.9 Å². The third-order valence-electron chi connectivity index (χ3n) is 4.80. The second-order valence-corrected chi connectivity index (χ2v) is 6.64. The van der Waals surface area contributed by atoms with Crippen molar-refractivity contribution in [2.75, 3.05) is 18.0 Å². The van der Waals surface area contributed by atoms with Gasteiger partial charge in [0.1, 0.15) is 17.3 Å². The average molecular weight is 352 g/mol. The van der Waals surface area contributed by atoms with Gasteiger partial charge in [-0.1, -0.05) is 6.07 Å². The number of fused-ring (bicyclic) bond motifs is 1. The lowest BCUT2D eigenvalue weighted by molar-refractivity contribution is 0.0946. The molecule has 3 heterocycles. The van der Waals surface area contributed by atoms with Gasteiger partial charge >= 0.3 is 0 Å². The maximum Gasteiger partial charge on any atom is 0.267 e. The number of rotatable bonds is 4. The lowest BCUT2D eigenvalue weighted by atomic mass is 10.1. The molecule has 26 heavy (non-hydrogen) atoms. The maximum atomic E-state index is 13.8. The normalized spacial score (nSPS) is 14.6. The molecule has 2 aromatic heterocycles. The van der Waals surface area contributed by atoms with Gasteiger partial charge in [-0.05, 0) is 55.2 Å². The number of amides is 1. The minimum atomic E-state index is -0.335. The van der Waals surface area contributed by atoms with E-state index in [9.17, 15) is 9.18 Å². The van der Waals surface area contributed by atoms with Crippen molar-refractivity contribution in [3.63, 3.8) is 0 Å². The van der Waals surface area contributed by atoms with Crippen LogP contribution >= 0.6 is 0 Å². The molecular formula is C20H21FN4O. The molecule has 2 N–H and O–H groups in total. The Morgan fingerprint density at radius 3 is 2.85 bits per heavy atom. The van der Waals surface area contributed by atoms with Crippen molar-refractivity contribution in [2.45, 2.75) is 25.8 Å². The minimum Gasteiger partial charge on any atom is -0.357 e. The molecule has 0 radical (unpaired) electrons. The molecule has 1 aliphatic heterocycles. The van der Waals surface area contributed by atoms with Crippen LogP contribution in [0.5, 0.6) is 0 Å². The lowest BCUT2D eigenvalue weighted by Crippen LogP contribution is -2.30. The summed E-state index contributed by atoms with van der Waals surface area (Å²) < 4.78 is 13.8. The molecule has 3 aromatic rings. The summed E-state index contributed by atoms with van der Waals surface area (Å²) >= 11 is 0. The summed E-state index contributed by atoms with van der Waals surface area (Å²) in [5, 5.41) is 3.31. The Morgan fingerprint density at radius 2 is 2.04 bits per heavy atom. The number of hydrogen-bond acceptors (Lipinski definition) is 3. The van der Waals surface area contributed by atoms with Gasteiger partial charge in [-0.25, -0.2) is 9.37 Å². The number of hydrogen-bond donors (Lipinski definition) is 2. The molecule has 0 unspecified atom stereocenters. The van der Waals surface area contributed by atoms with Gasteiger partial charge in [0.05, 0.1) is 0 Å². The largest absolute Gasteiger partial charge is 0.357 e. The van der Waals surface area contributed by atoms with E-state index in [-0.39, 0.29) is 11.7 Å². The van der Waals surface area contributed by atoms with E-state index < -0.39 is 0 Å². The van der Waals surface area contributed by atoms with Crippen molar-refractivity contribution in [1.82, 2.24) is 15.3 Å². The topological polar surface area (TPSA) is 61.0 Å². The Bertz CT molecular complexity index is 930. The SMILES string of the molecule is O=C(NCc1ccnc(N2CCCCC2)c1)c1cc2c(F)cccc2[nH]1. The fourth-order valence-electron chi connectivity index (χ4n) is 3.38. The fourth-order valence-corrected chi connectivity index (χ4v) is 3.38. The number of aromatic nitrogens is 2. The number of anilines is 1. The van der Waals surface area contributed by atoms with Gasteiger partial charge in [-0.2, -0.15) is 0 Å². The predicted octanol–water partition coefficient (Wildman–Crippen LogP) is 3.62. The summed E-state index contributed by atoms with van der Waals surface area (Å²) in [6, 6.07) is 10.2. The maximum absolute atomic E-state index is 13.8. The molecule has 5 nitrogen and oxygen atoms in total. The molecular weight excluding hydrogens is 331 g/mol. The first-order chi connectivity index (χ1) is 12.7. The Morgan fingerprint density at radius 1 is 1.19 bits per heavy atom. The summed E-state index contributed by atoms with van der Waals surface area (Å²) in [6.45, 7) is 2.47. The number of nitrogens with one attached hydrogen (secondary N) is 2. The van der Waals surface area contributed by atoms with E-state index in [1.54, 1.807) is 24.4 Å². The van der Waals surface area contributed by atoms with E-state index in [1.807, 2.05) is 12.1 Å². The zero-order chi connectivity index (χ0) is 17.9. The van der Waals surface area contributed by atoms with Crippen LogP contribution in [0.1, 0.15) is 35.3 Å². The molecule has 0 spiro atoms. The highest BCUT2D eigenvalue weighted by Crippen LogP contribution is 2.20. The van der Waals surface area contributed by atoms with Gasteiger partial charge in [0.25, 0.3) is 5.91 Å². The minimum absolute atomic E-state index is 0.253. The molecule has 134 valence electrons. The van der Waals surface area contributed by atoms with Crippen LogP contribution < -0.4 is 10.2 Å². The molecule has 0 atom stereocenters. The average Bonchev–Trinajstić information content (AvgIpc) is 3.13. The van der Waals surface area contributed by atoms with E-state index in [2.05, 4.69) is 20.2 Å². The van der Waals surface area contributed by atoms with Crippen LogP contribution in [0.4, 0.5) is 10.2 Å². The number of carbonyl (C=O) groups is 1. The zero-order valence-corrected chi connectivity index (χ0v) is 14.5. The summed E-state index contributed by atoms with van der Waals surface area (Å²) in [6.07, 6.45) is 5.44. The highest BCUT2D eigenvalue weighted by molar-refractivity contribution is 5.98. The predicted molar refractivity (Wildman–Crippen MR) is 99.7 cm³/mol. The molecule has 1 saturated heterocycles. The number of piperidine rings is 1. The van der Waals surface area contributed by atoms with E-state index in [4.69, 9.17) is 0 Å². The highest BCUT2D eigenvalue weighted by Gasteiger charge is 2.14. The van der Waals surface area contributed by atoms with Crippen LogP contribution in [0.2, 0.25) is 0 Å². The first kappa shape index (κ1) is 16.6. The van der Waals surface area contributed by atoms with Crippen molar-refractivity contribution < 1.29 is 9.18 Å². The molecule has 0 aliphatic carbocycles. The van der Waals surface area contributed by atoms with Crippen LogP contribution in [0.3, 0.4) is 0 Å². The smallest absolute Gasteiger partial charge is 0.267 e. The molecule has 4 rings (SSSR count). The number of H-pyrrole nitrogens is 1. The number of benzene rings is 1. The Balaban J connectivity index is 1.44. The second-order valence-electron chi connectivity index (χ2n) is 6.64. The summed E-state index contributed by atoms with van der Waals surface area (Å²) in [5.74, 6) is 0.374. The van der Waals surface area contributed by atoms with E-state index in [0.717, 1.165) is 24.5 Å². The van der Waals surface area contributed by atoms with Crippen LogP contribution in [-0.4, -0.2) is 29.0 Å². The Labute approximate surface area is 151 Å². The Kier molecular flexibility index (Phi) is 4.56. The third-order valence-corrected chi connectivity index (χ3v) is 4.80. The van der Waals surface area contributed by atoms with E-state index in [1.165, 1.54) is 25.3 Å². The number of nitrogens with zero attached hydrogens (tertiary/aromatic N) is 2. The lowest BCUT2D eigenvalue weighted by Gasteiger charge is -2.27. The second kappa shape index (κ2) is 7.15. The first-order valence-electron chi connectivity index (χ1n) is 8.96. The number of aromatic amines is 1. The fraction of sp³-hybridized carbons (Fsp3) is 0.300. The summed E-state index contributed by atoms with van der Waals surface area (Å²) in [7, 11) is 0. The monoisotopic (exact) mass is 352 g/mol. The van der Waals surface area contributed by atoms with Crippen molar-refractivity contribution in [3.05, 3.63) is 59.7 Å². The molecule has 1 fully saturated rings. The van der Waals surface area contributed by atoms with E-state index >= 15 is 0 Å². The van der Waals surface area contributed by atoms with Crippen LogP contribution in [0.15, 0.2) is 42.6 Å². The van der Waals surface area contributed by atoms with Crippen LogP contribution in [-0.2, 0) is 6.54 Å². The van der Waals surface area contributed by atoms with Gasteiger partial charge in [-0.15, -0.1) is 0 Å². The van der Waals surface area contributed by atoms with Crippen molar-refractivity contribution in [2.24, 2.45) is 0 Å². The van der Waals surface area contributed by atoms with Gasteiger partial charge in [0, 0.05) is 36.7 Å². The quantitative estimate of drug-likeness (QED) is 0.754. The Hall–Kier alpha value is -2.89. The summed E-state index contributed by atoms with van der Waals surface area (Å²) in [4.78, 5) is 22.1. The van der Waals surface area contributed by atoms with Crippen LogP contribution in [0, 0.1) is 5.82 Å². The first-order valence-corrected chi connectivity index (χ1v) is 8.96. The van der Waals surface area contributed by atoms with Gasteiger partial charge < -0.3 is 15.2 Å². The molecule has 1 amide bonds. The molecule has 0 saturated carbocycles.